The van der Waals surface area contributed by atoms with Gasteiger partial charge in [0.2, 0.25) is 10.0 Å². The summed E-state index contributed by atoms with van der Waals surface area (Å²) in [5, 5.41) is 9.03. The fourth-order valence-corrected chi connectivity index (χ4v) is 4.03. The van der Waals surface area contributed by atoms with Gasteiger partial charge in [0.1, 0.15) is 5.82 Å². The van der Waals surface area contributed by atoms with Crippen LogP contribution in [0.4, 0.5) is 0 Å². The van der Waals surface area contributed by atoms with Crippen LogP contribution in [-0.2, 0) is 30.1 Å². The second-order valence-corrected chi connectivity index (χ2v) is 7.11. The van der Waals surface area contributed by atoms with E-state index < -0.39 is 10.0 Å². The van der Waals surface area contributed by atoms with Gasteiger partial charge in [0.15, 0.2) is 0 Å². The average molecular weight is 374 g/mol. The third-order valence-corrected chi connectivity index (χ3v) is 5.47. The van der Waals surface area contributed by atoms with Crippen molar-refractivity contribution in [1.82, 2.24) is 14.3 Å². The quantitative estimate of drug-likeness (QED) is 0.796. The van der Waals surface area contributed by atoms with Gasteiger partial charge in [-0.3, -0.25) is 0 Å². The van der Waals surface area contributed by atoms with Gasteiger partial charge in [-0.1, -0.05) is 6.07 Å². The van der Waals surface area contributed by atoms with Gasteiger partial charge >= 0.3 is 0 Å². The molecule has 2 aromatic rings. The average Bonchev–Trinajstić information content (AvgIpc) is 2.83. The van der Waals surface area contributed by atoms with Crippen LogP contribution in [0.15, 0.2) is 40.0 Å². The summed E-state index contributed by atoms with van der Waals surface area (Å²) in [5.41, 5.74) is 0.647. The molecule has 0 saturated carbocycles. The van der Waals surface area contributed by atoms with Crippen molar-refractivity contribution in [2.75, 3.05) is 6.54 Å². The third-order valence-electron chi connectivity index (χ3n) is 3.03. The predicted octanol–water partition coefficient (Wildman–Crippen LogP) is 1.20. The third kappa shape index (κ3) is 3.91. The second-order valence-electron chi connectivity index (χ2n) is 4.53. The van der Waals surface area contributed by atoms with Gasteiger partial charge in [0.05, 0.1) is 11.5 Å². The van der Waals surface area contributed by atoms with Gasteiger partial charge in [0.25, 0.3) is 0 Å². The minimum absolute atomic E-state index is 0.133. The van der Waals surface area contributed by atoms with Crippen molar-refractivity contribution in [1.29, 1.82) is 0 Å². The van der Waals surface area contributed by atoms with Crippen LogP contribution in [-0.4, -0.2) is 29.6 Å². The molecule has 0 saturated heterocycles. The molecule has 0 radical (unpaired) electrons. The van der Waals surface area contributed by atoms with Crippen LogP contribution < -0.4 is 4.72 Å². The van der Waals surface area contributed by atoms with Crippen molar-refractivity contribution in [2.45, 2.75) is 17.9 Å². The highest BCUT2D eigenvalue weighted by Crippen LogP contribution is 2.23. The Morgan fingerprint density at radius 2 is 2.19 bits per heavy atom. The Kier molecular flexibility index (Phi) is 5.15. The summed E-state index contributed by atoms with van der Waals surface area (Å²) >= 11 is 3.22. The molecule has 21 heavy (non-hydrogen) atoms. The van der Waals surface area contributed by atoms with Crippen LogP contribution >= 0.6 is 15.9 Å². The number of aliphatic hydroxyl groups excluding tert-OH is 1. The molecule has 0 aliphatic carbocycles. The first-order valence-electron chi connectivity index (χ1n) is 6.29. The molecule has 0 spiro atoms. The molecule has 0 bridgehead atoms. The lowest BCUT2D eigenvalue weighted by molar-refractivity contribution is 0.281. The molecule has 2 rings (SSSR count). The summed E-state index contributed by atoms with van der Waals surface area (Å²) in [7, 11) is -1.74. The monoisotopic (exact) mass is 373 g/mol. The normalized spacial score (nSPS) is 11.8. The lowest BCUT2D eigenvalue weighted by atomic mass is 10.2. The number of halogens is 1. The summed E-state index contributed by atoms with van der Waals surface area (Å²) in [5.74, 6) is 0.812. The minimum Gasteiger partial charge on any atom is -0.392 e. The van der Waals surface area contributed by atoms with Crippen molar-refractivity contribution in [3.63, 3.8) is 0 Å². The lowest BCUT2D eigenvalue weighted by Gasteiger charge is -2.09. The van der Waals surface area contributed by atoms with Crippen molar-refractivity contribution in [3.05, 3.63) is 46.5 Å². The fraction of sp³-hybridized carbons (Fsp3) is 0.308. The van der Waals surface area contributed by atoms with E-state index in [4.69, 9.17) is 5.11 Å². The van der Waals surface area contributed by atoms with E-state index in [0.29, 0.717) is 16.5 Å². The minimum atomic E-state index is -3.60. The Morgan fingerprint density at radius 3 is 2.76 bits per heavy atom. The van der Waals surface area contributed by atoms with E-state index in [1.807, 2.05) is 17.8 Å². The Hall–Kier alpha value is -1.22. The Labute approximate surface area is 132 Å². The van der Waals surface area contributed by atoms with Crippen LogP contribution in [0.5, 0.6) is 0 Å². The van der Waals surface area contributed by atoms with Crippen molar-refractivity contribution in [2.24, 2.45) is 7.05 Å². The maximum absolute atomic E-state index is 12.2. The first-order valence-corrected chi connectivity index (χ1v) is 8.57. The lowest BCUT2D eigenvalue weighted by Crippen LogP contribution is -2.27. The smallest absolute Gasteiger partial charge is 0.241 e. The molecule has 1 aromatic heterocycles. The largest absolute Gasteiger partial charge is 0.392 e. The number of rotatable bonds is 6. The summed E-state index contributed by atoms with van der Waals surface area (Å²) in [6.45, 7) is 0.132. The fourth-order valence-electron chi connectivity index (χ4n) is 1.87. The molecule has 2 N–H and O–H groups in total. The highest BCUT2D eigenvalue weighted by Gasteiger charge is 2.17. The van der Waals surface area contributed by atoms with E-state index in [1.54, 1.807) is 18.3 Å². The summed E-state index contributed by atoms with van der Waals surface area (Å²) in [4.78, 5) is 4.29. The molecular formula is C13H16BrN3O3S. The first kappa shape index (κ1) is 16.2. The molecule has 0 amide bonds. The first-order chi connectivity index (χ1) is 9.94. The highest BCUT2D eigenvalue weighted by atomic mass is 79.9. The zero-order valence-electron chi connectivity index (χ0n) is 11.5. The van der Waals surface area contributed by atoms with Crippen LogP contribution in [0.1, 0.15) is 11.4 Å². The van der Waals surface area contributed by atoms with Gasteiger partial charge in [-0.2, -0.15) is 0 Å². The summed E-state index contributed by atoms with van der Waals surface area (Å²) in [6.07, 6.45) is 4.00. The number of nitrogens with one attached hydrogen (secondary N) is 1. The van der Waals surface area contributed by atoms with E-state index in [-0.39, 0.29) is 18.0 Å². The van der Waals surface area contributed by atoms with E-state index >= 15 is 0 Å². The standard InChI is InChI=1S/C13H16BrN3O3S/c1-17-7-6-15-13(17)4-5-16-21(19,20)12-3-2-10(9-18)8-11(12)14/h2-3,6-8,16,18H,4-5,9H2,1H3. The van der Waals surface area contributed by atoms with Crippen molar-refractivity contribution < 1.29 is 13.5 Å². The SMILES string of the molecule is Cn1ccnc1CCNS(=O)(=O)c1ccc(CO)cc1Br. The van der Waals surface area contributed by atoms with Gasteiger partial charge in [-0.15, -0.1) is 0 Å². The van der Waals surface area contributed by atoms with Crippen molar-refractivity contribution >= 4 is 26.0 Å². The van der Waals surface area contributed by atoms with Crippen LogP contribution in [0.2, 0.25) is 0 Å². The molecule has 1 aromatic carbocycles. The van der Waals surface area contributed by atoms with Gasteiger partial charge in [-0.25, -0.2) is 18.1 Å². The molecule has 0 aliphatic rings. The zero-order chi connectivity index (χ0) is 15.5. The topological polar surface area (TPSA) is 84.2 Å². The molecular weight excluding hydrogens is 358 g/mol. The van der Waals surface area contributed by atoms with Gasteiger partial charge in [-0.05, 0) is 33.6 Å². The summed E-state index contributed by atoms with van der Waals surface area (Å²) < 4.78 is 29.3. The molecule has 0 fully saturated rings. The Bertz CT molecular complexity index is 728. The number of aliphatic hydroxyl groups is 1. The predicted molar refractivity (Wildman–Crippen MR) is 82.2 cm³/mol. The zero-order valence-corrected chi connectivity index (χ0v) is 13.9. The number of hydrogen-bond acceptors (Lipinski definition) is 4. The molecule has 1 heterocycles. The van der Waals surface area contributed by atoms with Crippen LogP contribution in [0, 0.1) is 0 Å². The number of hydrogen-bond donors (Lipinski definition) is 2. The van der Waals surface area contributed by atoms with Crippen molar-refractivity contribution in [3.8, 4) is 0 Å². The number of aryl methyl sites for hydroxylation is 1. The molecule has 114 valence electrons. The van der Waals surface area contributed by atoms with E-state index in [1.165, 1.54) is 6.07 Å². The molecule has 6 nitrogen and oxygen atoms in total. The van der Waals surface area contributed by atoms with Crippen LogP contribution in [0.25, 0.3) is 0 Å². The molecule has 0 atom stereocenters. The van der Waals surface area contributed by atoms with Gasteiger partial charge < -0.3 is 9.67 Å². The van der Waals surface area contributed by atoms with Gasteiger partial charge in [0, 0.05) is 36.9 Å². The molecule has 0 unspecified atom stereocenters. The Balaban J connectivity index is 2.06. The summed E-state index contributed by atoms with van der Waals surface area (Å²) in [6, 6.07) is 4.64. The maximum atomic E-state index is 12.2. The van der Waals surface area contributed by atoms with E-state index in [0.717, 1.165) is 5.82 Å². The molecule has 0 aliphatic heterocycles. The number of imidazole rings is 1. The second kappa shape index (κ2) is 6.69. The van der Waals surface area contributed by atoms with E-state index in [2.05, 4.69) is 25.6 Å². The highest BCUT2D eigenvalue weighted by molar-refractivity contribution is 9.10. The van der Waals surface area contributed by atoms with Crippen LogP contribution in [0.3, 0.4) is 0 Å². The molecule has 8 heteroatoms. The number of nitrogens with zero attached hydrogens (tertiary/aromatic N) is 2. The maximum Gasteiger partial charge on any atom is 0.241 e. The number of aromatic nitrogens is 2. The number of sulfonamides is 1. The number of benzene rings is 1. The Morgan fingerprint density at radius 1 is 1.43 bits per heavy atom. The van der Waals surface area contributed by atoms with E-state index in [9.17, 15) is 8.42 Å².